The summed E-state index contributed by atoms with van der Waals surface area (Å²) >= 11 is 5.91. The summed E-state index contributed by atoms with van der Waals surface area (Å²) in [7, 11) is 1.77. The molecule has 0 N–H and O–H groups in total. The van der Waals surface area contributed by atoms with Gasteiger partial charge in [0.05, 0.1) is 12.0 Å². The average molecular weight is 270 g/mol. The van der Waals surface area contributed by atoms with Gasteiger partial charge in [0.15, 0.2) is 0 Å². The molecule has 1 aliphatic carbocycles. The van der Waals surface area contributed by atoms with Gasteiger partial charge in [0.2, 0.25) is 0 Å². The van der Waals surface area contributed by atoms with Gasteiger partial charge in [-0.25, -0.2) is 0 Å². The Morgan fingerprint density at radius 1 is 1.39 bits per heavy atom. The Labute approximate surface area is 113 Å². The van der Waals surface area contributed by atoms with E-state index in [9.17, 15) is 0 Å². The SMILES string of the molecule is COC1CCCC(Oc2cc(C)ncc2CCl)C1. The summed E-state index contributed by atoms with van der Waals surface area (Å²) in [6.45, 7) is 1.96. The Kier molecular flexibility index (Phi) is 4.84. The van der Waals surface area contributed by atoms with Crippen molar-refractivity contribution in [3.8, 4) is 5.75 Å². The number of aryl methyl sites for hydroxylation is 1. The zero-order valence-electron chi connectivity index (χ0n) is 11.0. The molecule has 100 valence electrons. The predicted octanol–water partition coefficient (Wildman–Crippen LogP) is 3.47. The number of rotatable bonds is 4. The maximum atomic E-state index is 6.09. The van der Waals surface area contributed by atoms with Crippen molar-refractivity contribution in [2.45, 2.75) is 50.7 Å². The van der Waals surface area contributed by atoms with E-state index in [-0.39, 0.29) is 6.10 Å². The van der Waals surface area contributed by atoms with E-state index in [1.165, 1.54) is 0 Å². The molecule has 0 amide bonds. The molecule has 0 aromatic carbocycles. The molecule has 0 radical (unpaired) electrons. The Bertz CT molecular complexity index is 397. The Hall–Kier alpha value is -0.800. The molecule has 3 nitrogen and oxygen atoms in total. The van der Waals surface area contributed by atoms with Crippen molar-refractivity contribution < 1.29 is 9.47 Å². The van der Waals surface area contributed by atoms with Gasteiger partial charge in [0, 0.05) is 37.1 Å². The van der Waals surface area contributed by atoms with E-state index in [0.717, 1.165) is 42.7 Å². The smallest absolute Gasteiger partial charge is 0.127 e. The predicted molar refractivity (Wildman–Crippen MR) is 72.2 cm³/mol. The summed E-state index contributed by atoms with van der Waals surface area (Å²) in [6.07, 6.45) is 6.69. The minimum Gasteiger partial charge on any atom is -0.490 e. The van der Waals surface area contributed by atoms with Crippen LogP contribution in [0.5, 0.6) is 5.75 Å². The van der Waals surface area contributed by atoms with Gasteiger partial charge in [0.1, 0.15) is 11.9 Å². The number of nitrogens with zero attached hydrogens (tertiary/aromatic N) is 1. The number of alkyl halides is 1. The molecule has 18 heavy (non-hydrogen) atoms. The molecule has 1 saturated carbocycles. The first-order valence-electron chi connectivity index (χ1n) is 6.44. The normalized spacial score (nSPS) is 23.9. The van der Waals surface area contributed by atoms with E-state index in [2.05, 4.69) is 4.98 Å². The van der Waals surface area contributed by atoms with Crippen LogP contribution < -0.4 is 4.74 Å². The monoisotopic (exact) mass is 269 g/mol. The van der Waals surface area contributed by atoms with Crippen molar-refractivity contribution in [2.24, 2.45) is 0 Å². The van der Waals surface area contributed by atoms with E-state index < -0.39 is 0 Å². The molecular formula is C14H20ClNO2. The minimum absolute atomic E-state index is 0.229. The molecule has 4 heteroatoms. The average Bonchev–Trinajstić information content (AvgIpc) is 2.39. The zero-order chi connectivity index (χ0) is 13.0. The molecule has 2 rings (SSSR count). The van der Waals surface area contributed by atoms with Crippen LogP contribution in [0.3, 0.4) is 0 Å². The van der Waals surface area contributed by atoms with Crippen molar-refractivity contribution in [3.05, 3.63) is 23.5 Å². The van der Waals surface area contributed by atoms with Crippen LogP contribution in [0.25, 0.3) is 0 Å². The van der Waals surface area contributed by atoms with Gasteiger partial charge in [-0.3, -0.25) is 4.98 Å². The number of ether oxygens (including phenoxy) is 2. The lowest BCUT2D eigenvalue weighted by Gasteiger charge is -2.29. The van der Waals surface area contributed by atoms with Crippen molar-refractivity contribution >= 4 is 11.6 Å². The third-order valence-electron chi connectivity index (χ3n) is 3.43. The molecule has 2 unspecified atom stereocenters. The summed E-state index contributed by atoms with van der Waals surface area (Å²) in [4.78, 5) is 4.25. The van der Waals surface area contributed by atoms with Gasteiger partial charge in [-0.15, -0.1) is 11.6 Å². The molecule has 0 aliphatic heterocycles. The van der Waals surface area contributed by atoms with Gasteiger partial charge in [-0.1, -0.05) is 0 Å². The number of hydrogen-bond donors (Lipinski definition) is 0. The third kappa shape index (κ3) is 3.36. The zero-order valence-corrected chi connectivity index (χ0v) is 11.7. The van der Waals surface area contributed by atoms with Crippen LogP contribution >= 0.6 is 11.6 Å². The highest BCUT2D eigenvalue weighted by Crippen LogP contribution is 2.28. The van der Waals surface area contributed by atoms with E-state index in [1.54, 1.807) is 13.3 Å². The van der Waals surface area contributed by atoms with Crippen molar-refractivity contribution in [1.82, 2.24) is 4.98 Å². The van der Waals surface area contributed by atoms with Gasteiger partial charge >= 0.3 is 0 Å². The van der Waals surface area contributed by atoms with Crippen LogP contribution in [0.15, 0.2) is 12.3 Å². The van der Waals surface area contributed by atoms with Gasteiger partial charge < -0.3 is 9.47 Å². The van der Waals surface area contributed by atoms with Crippen LogP contribution in [0.4, 0.5) is 0 Å². The van der Waals surface area contributed by atoms with Crippen molar-refractivity contribution in [1.29, 1.82) is 0 Å². The van der Waals surface area contributed by atoms with E-state index in [4.69, 9.17) is 21.1 Å². The van der Waals surface area contributed by atoms with Gasteiger partial charge in [0.25, 0.3) is 0 Å². The first-order valence-corrected chi connectivity index (χ1v) is 6.97. The summed E-state index contributed by atoms with van der Waals surface area (Å²) in [5.41, 5.74) is 1.92. The lowest BCUT2D eigenvalue weighted by molar-refractivity contribution is 0.0207. The Morgan fingerprint density at radius 2 is 2.17 bits per heavy atom. The lowest BCUT2D eigenvalue weighted by atomic mass is 9.95. The lowest BCUT2D eigenvalue weighted by Crippen LogP contribution is -2.29. The van der Waals surface area contributed by atoms with E-state index in [0.29, 0.717) is 12.0 Å². The number of aromatic nitrogens is 1. The highest BCUT2D eigenvalue weighted by Gasteiger charge is 2.23. The molecule has 2 atom stereocenters. The summed E-state index contributed by atoms with van der Waals surface area (Å²) < 4.78 is 11.5. The standard InChI is InChI=1S/C14H20ClNO2/c1-10-6-14(11(8-15)9-16-10)18-13-5-3-4-12(7-13)17-2/h6,9,12-13H,3-5,7-8H2,1-2H3. The van der Waals surface area contributed by atoms with E-state index in [1.807, 2.05) is 13.0 Å². The molecule has 0 spiro atoms. The maximum absolute atomic E-state index is 6.09. The number of halogens is 1. The highest BCUT2D eigenvalue weighted by molar-refractivity contribution is 6.17. The van der Waals surface area contributed by atoms with E-state index >= 15 is 0 Å². The molecule has 1 heterocycles. The quantitative estimate of drug-likeness (QED) is 0.785. The summed E-state index contributed by atoms with van der Waals surface area (Å²) in [5, 5.41) is 0. The van der Waals surface area contributed by atoms with Crippen LogP contribution in [-0.4, -0.2) is 24.3 Å². The highest BCUT2D eigenvalue weighted by atomic mass is 35.5. The maximum Gasteiger partial charge on any atom is 0.127 e. The van der Waals surface area contributed by atoms with Crippen molar-refractivity contribution in [2.75, 3.05) is 7.11 Å². The molecular weight excluding hydrogens is 250 g/mol. The number of pyridine rings is 1. The fraction of sp³-hybridized carbons (Fsp3) is 0.643. The molecule has 1 aromatic heterocycles. The second-order valence-electron chi connectivity index (χ2n) is 4.83. The van der Waals surface area contributed by atoms with Crippen LogP contribution in [-0.2, 0) is 10.6 Å². The van der Waals surface area contributed by atoms with Crippen LogP contribution in [0, 0.1) is 6.92 Å². The van der Waals surface area contributed by atoms with Gasteiger partial charge in [-0.2, -0.15) is 0 Å². The molecule has 0 bridgehead atoms. The topological polar surface area (TPSA) is 31.4 Å². The molecule has 1 aromatic rings. The summed E-state index contributed by atoms with van der Waals surface area (Å²) in [6, 6.07) is 1.97. The fourth-order valence-corrected chi connectivity index (χ4v) is 2.58. The Morgan fingerprint density at radius 3 is 2.89 bits per heavy atom. The minimum atomic E-state index is 0.229. The molecule has 0 saturated heterocycles. The van der Waals surface area contributed by atoms with Gasteiger partial charge in [-0.05, 0) is 26.2 Å². The number of hydrogen-bond acceptors (Lipinski definition) is 3. The summed E-state index contributed by atoms with van der Waals surface area (Å²) in [5.74, 6) is 1.31. The first kappa shape index (κ1) is 13.6. The van der Waals surface area contributed by atoms with Crippen LogP contribution in [0.2, 0.25) is 0 Å². The molecule has 1 fully saturated rings. The Balaban J connectivity index is 2.06. The van der Waals surface area contributed by atoms with Crippen molar-refractivity contribution in [3.63, 3.8) is 0 Å². The fourth-order valence-electron chi connectivity index (χ4n) is 2.38. The molecule has 1 aliphatic rings. The second-order valence-corrected chi connectivity index (χ2v) is 5.10. The third-order valence-corrected chi connectivity index (χ3v) is 3.72. The second kappa shape index (κ2) is 6.39. The number of methoxy groups -OCH3 is 1. The first-order chi connectivity index (χ1) is 8.72. The largest absolute Gasteiger partial charge is 0.490 e. The van der Waals surface area contributed by atoms with Crippen LogP contribution in [0.1, 0.15) is 36.9 Å².